The first kappa shape index (κ1) is 20.8. The van der Waals surface area contributed by atoms with Gasteiger partial charge < -0.3 is 9.88 Å². The fraction of sp³-hybridized carbons (Fsp3) is 0.292. The normalized spacial score (nSPS) is 12.5. The first-order valence-electron chi connectivity index (χ1n) is 10.4. The molecule has 0 radical (unpaired) electrons. The predicted octanol–water partition coefficient (Wildman–Crippen LogP) is 4.48. The van der Waals surface area contributed by atoms with Crippen LogP contribution < -0.4 is 10.5 Å². The number of aromatic nitrogens is 3. The minimum Gasteiger partial charge on any atom is -0.361 e. The van der Waals surface area contributed by atoms with Crippen LogP contribution in [0.2, 0.25) is 0 Å². The van der Waals surface area contributed by atoms with Crippen molar-refractivity contribution >= 4 is 33.4 Å². The molecule has 0 aliphatic carbocycles. The lowest BCUT2D eigenvalue weighted by atomic mass is 10.0. The van der Waals surface area contributed by atoms with E-state index in [-0.39, 0.29) is 23.9 Å². The monoisotopic (exact) mass is 420 g/mol. The SMILES string of the molecule is CC(C)CC(C)N(C(=O)Cn1cnc2ccc(F)cc2c1=O)c1ccc2[nH]ccc2c1. The molecule has 0 bridgehead atoms. The highest BCUT2D eigenvalue weighted by atomic mass is 19.1. The molecule has 6 nitrogen and oxygen atoms in total. The standard InChI is InChI=1S/C24H25FN4O2/c1-15(2)10-16(3)29(19-5-7-21-17(11-19)8-9-26-21)23(30)13-28-14-27-22-6-4-18(25)12-20(22)24(28)31/h4-9,11-12,14-16,26H,10,13H2,1-3H3. The zero-order valence-corrected chi connectivity index (χ0v) is 17.8. The van der Waals surface area contributed by atoms with Gasteiger partial charge in [0.15, 0.2) is 0 Å². The van der Waals surface area contributed by atoms with Crippen molar-refractivity contribution in [1.29, 1.82) is 0 Å². The third-order valence-electron chi connectivity index (χ3n) is 5.43. The number of carbonyl (C=O) groups excluding carboxylic acids is 1. The van der Waals surface area contributed by atoms with Crippen LogP contribution in [0.5, 0.6) is 0 Å². The highest BCUT2D eigenvalue weighted by Crippen LogP contribution is 2.25. The van der Waals surface area contributed by atoms with Gasteiger partial charge in [0.1, 0.15) is 12.4 Å². The summed E-state index contributed by atoms with van der Waals surface area (Å²) in [5.74, 6) is -0.334. The number of aromatic amines is 1. The number of benzene rings is 2. The van der Waals surface area contributed by atoms with Crippen molar-refractivity contribution in [2.75, 3.05) is 4.90 Å². The molecule has 4 aromatic rings. The number of nitrogens with zero attached hydrogens (tertiary/aromatic N) is 3. The molecule has 1 N–H and O–H groups in total. The molecule has 0 aliphatic heterocycles. The number of anilines is 1. The third-order valence-corrected chi connectivity index (χ3v) is 5.43. The average molecular weight is 420 g/mol. The summed E-state index contributed by atoms with van der Waals surface area (Å²) in [5.41, 5.74) is 1.73. The van der Waals surface area contributed by atoms with E-state index in [0.29, 0.717) is 11.4 Å². The van der Waals surface area contributed by atoms with Gasteiger partial charge in [-0.25, -0.2) is 9.37 Å². The van der Waals surface area contributed by atoms with Crippen LogP contribution >= 0.6 is 0 Å². The second-order valence-corrected chi connectivity index (χ2v) is 8.33. The molecule has 1 unspecified atom stereocenters. The van der Waals surface area contributed by atoms with Crippen molar-refractivity contribution in [2.45, 2.75) is 39.8 Å². The zero-order valence-electron chi connectivity index (χ0n) is 17.8. The van der Waals surface area contributed by atoms with Crippen molar-refractivity contribution in [2.24, 2.45) is 5.92 Å². The van der Waals surface area contributed by atoms with Crippen LogP contribution in [-0.4, -0.2) is 26.5 Å². The Morgan fingerprint density at radius 1 is 1.16 bits per heavy atom. The topological polar surface area (TPSA) is 71.0 Å². The van der Waals surface area contributed by atoms with Crippen molar-refractivity contribution in [3.8, 4) is 0 Å². The molecule has 4 rings (SSSR count). The Morgan fingerprint density at radius 2 is 1.97 bits per heavy atom. The maximum Gasteiger partial charge on any atom is 0.261 e. The fourth-order valence-corrected chi connectivity index (χ4v) is 4.09. The number of nitrogens with one attached hydrogen (secondary N) is 1. The number of hydrogen-bond donors (Lipinski definition) is 1. The Bertz CT molecular complexity index is 1310. The van der Waals surface area contributed by atoms with Crippen LogP contribution in [0.25, 0.3) is 21.8 Å². The van der Waals surface area contributed by atoms with E-state index in [1.165, 1.54) is 23.0 Å². The molecule has 2 heterocycles. The largest absolute Gasteiger partial charge is 0.361 e. The van der Waals surface area contributed by atoms with E-state index in [9.17, 15) is 14.0 Å². The van der Waals surface area contributed by atoms with Crippen molar-refractivity contribution in [3.63, 3.8) is 0 Å². The van der Waals surface area contributed by atoms with Crippen LogP contribution in [-0.2, 0) is 11.3 Å². The summed E-state index contributed by atoms with van der Waals surface area (Å²) in [4.78, 5) is 35.4. The summed E-state index contributed by atoms with van der Waals surface area (Å²) >= 11 is 0. The van der Waals surface area contributed by atoms with Gasteiger partial charge in [0, 0.05) is 28.8 Å². The summed E-state index contributed by atoms with van der Waals surface area (Å²) in [6.45, 7) is 6.06. The van der Waals surface area contributed by atoms with Gasteiger partial charge in [-0.2, -0.15) is 0 Å². The van der Waals surface area contributed by atoms with Crippen molar-refractivity contribution < 1.29 is 9.18 Å². The number of fused-ring (bicyclic) bond motifs is 2. The van der Waals surface area contributed by atoms with E-state index in [1.807, 2.05) is 37.4 Å². The molecular formula is C24H25FN4O2. The molecule has 1 amide bonds. The average Bonchev–Trinajstić information content (AvgIpc) is 3.18. The van der Waals surface area contributed by atoms with E-state index in [1.54, 1.807) is 4.90 Å². The smallest absolute Gasteiger partial charge is 0.261 e. The Morgan fingerprint density at radius 3 is 2.74 bits per heavy atom. The Balaban J connectivity index is 1.71. The van der Waals surface area contributed by atoms with Crippen LogP contribution in [0.4, 0.5) is 10.1 Å². The van der Waals surface area contributed by atoms with Gasteiger partial charge in [-0.05, 0) is 61.7 Å². The Kier molecular flexibility index (Phi) is 5.59. The van der Waals surface area contributed by atoms with Crippen LogP contribution in [0.15, 0.2) is 59.8 Å². The first-order valence-corrected chi connectivity index (χ1v) is 10.4. The van der Waals surface area contributed by atoms with E-state index in [0.717, 1.165) is 29.1 Å². The lowest BCUT2D eigenvalue weighted by molar-refractivity contribution is -0.119. The molecule has 0 fully saturated rings. The maximum atomic E-state index is 13.6. The molecule has 0 saturated carbocycles. The lowest BCUT2D eigenvalue weighted by Crippen LogP contribution is -2.42. The second-order valence-electron chi connectivity index (χ2n) is 8.33. The van der Waals surface area contributed by atoms with E-state index < -0.39 is 11.4 Å². The number of amides is 1. The van der Waals surface area contributed by atoms with Crippen molar-refractivity contribution in [1.82, 2.24) is 14.5 Å². The summed E-state index contributed by atoms with van der Waals surface area (Å²) in [6.07, 6.45) is 4.02. The minimum absolute atomic E-state index is 0.0644. The first-order chi connectivity index (χ1) is 14.8. The number of H-pyrrole nitrogens is 1. The quantitative estimate of drug-likeness (QED) is 0.500. The van der Waals surface area contributed by atoms with E-state index in [2.05, 4.69) is 23.8 Å². The van der Waals surface area contributed by atoms with Crippen LogP contribution in [0, 0.1) is 11.7 Å². The summed E-state index contributed by atoms with van der Waals surface area (Å²) < 4.78 is 14.9. The molecule has 0 aliphatic rings. The Labute approximate surface area is 179 Å². The van der Waals surface area contributed by atoms with Gasteiger partial charge in [-0.15, -0.1) is 0 Å². The number of carbonyl (C=O) groups is 1. The molecule has 0 spiro atoms. The number of rotatable bonds is 6. The molecule has 31 heavy (non-hydrogen) atoms. The van der Waals surface area contributed by atoms with E-state index >= 15 is 0 Å². The van der Waals surface area contributed by atoms with Gasteiger partial charge in [0.25, 0.3) is 5.56 Å². The van der Waals surface area contributed by atoms with E-state index in [4.69, 9.17) is 0 Å². The molecule has 7 heteroatoms. The molecule has 2 aromatic heterocycles. The number of hydrogen-bond acceptors (Lipinski definition) is 3. The third kappa shape index (κ3) is 4.21. The van der Waals surface area contributed by atoms with Gasteiger partial charge >= 0.3 is 0 Å². The molecule has 160 valence electrons. The van der Waals surface area contributed by atoms with Crippen molar-refractivity contribution in [3.05, 3.63) is 71.2 Å². The van der Waals surface area contributed by atoms with Gasteiger partial charge in [-0.3, -0.25) is 14.2 Å². The maximum absolute atomic E-state index is 13.6. The Hall–Kier alpha value is -3.48. The predicted molar refractivity (Wildman–Crippen MR) is 121 cm³/mol. The van der Waals surface area contributed by atoms with Crippen LogP contribution in [0.1, 0.15) is 27.2 Å². The summed E-state index contributed by atoms with van der Waals surface area (Å²) in [6, 6.07) is 11.6. The lowest BCUT2D eigenvalue weighted by Gasteiger charge is -2.31. The number of halogens is 1. The van der Waals surface area contributed by atoms with Gasteiger partial charge in [0.05, 0.1) is 17.2 Å². The van der Waals surface area contributed by atoms with Crippen LogP contribution in [0.3, 0.4) is 0 Å². The highest BCUT2D eigenvalue weighted by molar-refractivity contribution is 5.96. The molecule has 0 saturated heterocycles. The summed E-state index contributed by atoms with van der Waals surface area (Å²) in [5, 5.41) is 1.16. The zero-order chi connectivity index (χ0) is 22.1. The minimum atomic E-state index is -0.512. The van der Waals surface area contributed by atoms with Gasteiger partial charge in [-0.1, -0.05) is 13.8 Å². The highest BCUT2D eigenvalue weighted by Gasteiger charge is 2.24. The second kappa shape index (κ2) is 8.34. The molecular weight excluding hydrogens is 395 g/mol. The van der Waals surface area contributed by atoms with Gasteiger partial charge in [0.2, 0.25) is 5.91 Å². The summed E-state index contributed by atoms with van der Waals surface area (Å²) in [7, 11) is 0. The molecule has 1 atom stereocenters. The molecule has 2 aromatic carbocycles. The fourth-order valence-electron chi connectivity index (χ4n) is 4.09.